The van der Waals surface area contributed by atoms with Crippen molar-refractivity contribution in [1.29, 1.82) is 0 Å². The van der Waals surface area contributed by atoms with Gasteiger partial charge in [-0.2, -0.15) is 0 Å². The number of nitrogens with two attached hydrogens (primary N) is 1. The first-order chi connectivity index (χ1) is 9.49. The molecule has 2 aliphatic rings. The molecule has 3 nitrogen and oxygen atoms in total. The van der Waals surface area contributed by atoms with E-state index < -0.39 is 0 Å². The molecule has 0 aromatic heterocycles. The highest BCUT2D eigenvalue weighted by Crippen LogP contribution is 2.44. The average molecular weight is 272 g/mol. The minimum absolute atomic E-state index is 0.141. The highest BCUT2D eigenvalue weighted by molar-refractivity contribution is 5.97. The molecular formula is C17H24N2O. The summed E-state index contributed by atoms with van der Waals surface area (Å²) in [4.78, 5) is 15.0. The molecule has 0 radical (unpaired) electrons. The van der Waals surface area contributed by atoms with Crippen LogP contribution in [-0.4, -0.2) is 12.5 Å². The summed E-state index contributed by atoms with van der Waals surface area (Å²) >= 11 is 0. The summed E-state index contributed by atoms with van der Waals surface area (Å²) < 4.78 is 0. The molecule has 1 aliphatic carbocycles. The number of carbonyl (C=O) groups is 1. The molecule has 0 bridgehead atoms. The summed E-state index contributed by atoms with van der Waals surface area (Å²) in [6.45, 7) is 5.31. The van der Waals surface area contributed by atoms with E-state index in [2.05, 4.69) is 13.8 Å². The van der Waals surface area contributed by atoms with Gasteiger partial charge in [0.05, 0.1) is 0 Å². The molecule has 1 aliphatic heterocycles. The Labute approximate surface area is 121 Å². The highest BCUT2D eigenvalue weighted by atomic mass is 16.2. The van der Waals surface area contributed by atoms with E-state index in [1.54, 1.807) is 0 Å². The number of carbonyl (C=O) groups excluding carboxylic acids is 1. The molecule has 1 aromatic carbocycles. The number of fused-ring (bicyclic) bond motifs is 1. The first-order valence-electron chi connectivity index (χ1n) is 7.69. The van der Waals surface area contributed by atoms with Crippen LogP contribution in [0.3, 0.4) is 0 Å². The normalized spacial score (nSPS) is 24.5. The van der Waals surface area contributed by atoms with Crippen molar-refractivity contribution in [1.82, 2.24) is 0 Å². The number of benzene rings is 1. The number of anilines is 2. The number of hydrogen-bond donors (Lipinski definition) is 1. The third kappa shape index (κ3) is 2.19. The quantitative estimate of drug-likeness (QED) is 0.797. The Hall–Kier alpha value is -1.51. The number of amides is 1. The average Bonchev–Trinajstić information content (AvgIpc) is 2.76. The van der Waals surface area contributed by atoms with Crippen LogP contribution in [0, 0.1) is 11.3 Å². The van der Waals surface area contributed by atoms with Gasteiger partial charge >= 0.3 is 0 Å². The lowest BCUT2D eigenvalue weighted by atomic mass is 9.80. The van der Waals surface area contributed by atoms with Crippen molar-refractivity contribution in [2.75, 3.05) is 17.2 Å². The van der Waals surface area contributed by atoms with Crippen molar-refractivity contribution in [3.8, 4) is 0 Å². The molecule has 1 atom stereocenters. The van der Waals surface area contributed by atoms with E-state index >= 15 is 0 Å². The zero-order valence-electron chi connectivity index (χ0n) is 12.5. The van der Waals surface area contributed by atoms with Crippen molar-refractivity contribution < 1.29 is 4.79 Å². The van der Waals surface area contributed by atoms with Gasteiger partial charge in [0, 0.05) is 23.8 Å². The Morgan fingerprint density at radius 3 is 2.85 bits per heavy atom. The van der Waals surface area contributed by atoms with Crippen LogP contribution in [0.1, 0.15) is 45.1 Å². The molecule has 0 saturated heterocycles. The molecule has 1 aromatic rings. The third-order valence-electron chi connectivity index (χ3n) is 5.04. The van der Waals surface area contributed by atoms with Crippen molar-refractivity contribution in [3.05, 3.63) is 23.8 Å². The molecule has 2 N–H and O–H groups in total. The number of nitrogen functional groups attached to an aromatic ring is 1. The van der Waals surface area contributed by atoms with E-state index in [9.17, 15) is 4.79 Å². The van der Waals surface area contributed by atoms with Crippen molar-refractivity contribution >= 4 is 17.3 Å². The Morgan fingerprint density at radius 1 is 1.35 bits per heavy atom. The molecule has 1 heterocycles. The second-order valence-electron chi connectivity index (χ2n) is 6.91. The Morgan fingerprint density at radius 2 is 2.15 bits per heavy atom. The maximum absolute atomic E-state index is 13.0. The zero-order valence-corrected chi connectivity index (χ0v) is 12.5. The fraction of sp³-hybridized carbons (Fsp3) is 0.588. The van der Waals surface area contributed by atoms with Crippen LogP contribution in [0.2, 0.25) is 0 Å². The van der Waals surface area contributed by atoms with Crippen molar-refractivity contribution in [2.24, 2.45) is 11.3 Å². The molecule has 3 heteroatoms. The summed E-state index contributed by atoms with van der Waals surface area (Å²) in [6, 6.07) is 5.95. The molecule has 0 spiro atoms. The maximum atomic E-state index is 13.0. The fourth-order valence-electron chi connectivity index (χ4n) is 3.82. The van der Waals surface area contributed by atoms with Gasteiger partial charge in [0.15, 0.2) is 0 Å². The van der Waals surface area contributed by atoms with Crippen LogP contribution in [0.4, 0.5) is 11.4 Å². The largest absolute Gasteiger partial charge is 0.399 e. The smallest absolute Gasteiger partial charge is 0.230 e. The van der Waals surface area contributed by atoms with Crippen LogP contribution in [0.5, 0.6) is 0 Å². The first-order valence-corrected chi connectivity index (χ1v) is 7.69. The first kappa shape index (κ1) is 13.5. The summed E-state index contributed by atoms with van der Waals surface area (Å²) in [5.41, 5.74) is 9.10. The van der Waals surface area contributed by atoms with E-state index in [0.717, 1.165) is 43.6 Å². The summed E-state index contributed by atoms with van der Waals surface area (Å²) in [6.07, 6.45) is 5.43. The van der Waals surface area contributed by atoms with Gasteiger partial charge in [0.2, 0.25) is 5.91 Å². The molecule has 1 amide bonds. The van der Waals surface area contributed by atoms with Crippen LogP contribution in [-0.2, 0) is 11.2 Å². The lowest BCUT2D eigenvalue weighted by Gasteiger charge is -2.35. The van der Waals surface area contributed by atoms with Gasteiger partial charge in [-0.05, 0) is 54.9 Å². The lowest BCUT2D eigenvalue weighted by Crippen LogP contribution is -2.42. The molecule has 108 valence electrons. The standard InChI is InChI=1S/C17H24N2O/c1-17(2)9-3-6-14(17)16(20)19-10-4-5-12-11-13(18)7-8-15(12)19/h7-8,11,14H,3-6,9-10,18H2,1-2H3. The van der Waals surface area contributed by atoms with Crippen LogP contribution >= 0.6 is 0 Å². The second kappa shape index (κ2) is 4.80. The van der Waals surface area contributed by atoms with Gasteiger partial charge in [-0.25, -0.2) is 0 Å². The van der Waals surface area contributed by atoms with Gasteiger partial charge in [0.25, 0.3) is 0 Å². The molecule has 3 rings (SSSR count). The number of nitrogens with zero attached hydrogens (tertiary/aromatic N) is 1. The van der Waals surface area contributed by atoms with Crippen molar-refractivity contribution in [3.63, 3.8) is 0 Å². The Balaban J connectivity index is 1.91. The third-order valence-corrected chi connectivity index (χ3v) is 5.04. The number of rotatable bonds is 1. The molecule has 1 fully saturated rings. The fourth-order valence-corrected chi connectivity index (χ4v) is 3.82. The topological polar surface area (TPSA) is 46.3 Å². The number of aryl methyl sites for hydroxylation is 1. The zero-order chi connectivity index (χ0) is 14.3. The molecule has 20 heavy (non-hydrogen) atoms. The molecule has 1 saturated carbocycles. The van der Waals surface area contributed by atoms with Crippen LogP contribution in [0.15, 0.2) is 18.2 Å². The predicted octanol–water partition coefficient (Wildman–Crippen LogP) is 3.37. The van der Waals surface area contributed by atoms with E-state index in [0.29, 0.717) is 5.91 Å². The highest BCUT2D eigenvalue weighted by Gasteiger charge is 2.42. The van der Waals surface area contributed by atoms with Crippen molar-refractivity contribution in [2.45, 2.75) is 46.0 Å². The Kier molecular flexibility index (Phi) is 3.23. The number of hydrogen-bond acceptors (Lipinski definition) is 2. The maximum Gasteiger partial charge on any atom is 0.230 e. The van der Waals surface area contributed by atoms with Gasteiger partial charge in [-0.1, -0.05) is 20.3 Å². The SMILES string of the molecule is CC1(C)CCCC1C(=O)N1CCCc2cc(N)ccc21. The van der Waals surface area contributed by atoms with Gasteiger partial charge in [-0.15, -0.1) is 0 Å². The van der Waals surface area contributed by atoms with Crippen LogP contribution < -0.4 is 10.6 Å². The van der Waals surface area contributed by atoms with E-state index in [4.69, 9.17) is 5.73 Å². The van der Waals surface area contributed by atoms with Gasteiger partial charge in [0.1, 0.15) is 0 Å². The monoisotopic (exact) mass is 272 g/mol. The minimum atomic E-state index is 0.141. The summed E-state index contributed by atoms with van der Waals surface area (Å²) in [5, 5.41) is 0. The second-order valence-corrected chi connectivity index (χ2v) is 6.91. The van der Waals surface area contributed by atoms with Gasteiger partial charge < -0.3 is 10.6 Å². The minimum Gasteiger partial charge on any atom is -0.399 e. The lowest BCUT2D eigenvalue weighted by molar-refractivity contribution is -0.125. The molecule has 1 unspecified atom stereocenters. The van der Waals surface area contributed by atoms with E-state index in [1.165, 1.54) is 12.0 Å². The summed E-state index contributed by atoms with van der Waals surface area (Å²) in [7, 11) is 0. The van der Waals surface area contributed by atoms with E-state index in [1.807, 2.05) is 23.1 Å². The predicted molar refractivity (Wildman–Crippen MR) is 82.7 cm³/mol. The van der Waals surface area contributed by atoms with E-state index in [-0.39, 0.29) is 11.3 Å². The van der Waals surface area contributed by atoms with Gasteiger partial charge in [-0.3, -0.25) is 4.79 Å². The molecular weight excluding hydrogens is 248 g/mol. The van der Waals surface area contributed by atoms with Crippen LogP contribution in [0.25, 0.3) is 0 Å². The summed E-state index contributed by atoms with van der Waals surface area (Å²) in [5.74, 6) is 0.490. The Bertz CT molecular complexity index is 536.